The van der Waals surface area contributed by atoms with Crippen LogP contribution in [0.4, 0.5) is 10.3 Å². The zero-order valence-electron chi connectivity index (χ0n) is 10.6. The van der Waals surface area contributed by atoms with Gasteiger partial charge in [-0.05, 0) is 18.2 Å². The number of hydrogen-bond donors (Lipinski definition) is 1. The van der Waals surface area contributed by atoms with Crippen molar-refractivity contribution in [2.75, 3.05) is 5.73 Å². The van der Waals surface area contributed by atoms with Gasteiger partial charge >= 0.3 is 0 Å². The lowest BCUT2D eigenvalue weighted by molar-refractivity contribution is 0.628. The van der Waals surface area contributed by atoms with Crippen LogP contribution >= 0.6 is 0 Å². The van der Waals surface area contributed by atoms with E-state index in [4.69, 9.17) is 5.73 Å². The molecular weight excluding hydrogens is 253 g/mol. The molecule has 0 aliphatic heterocycles. The molecule has 0 bridgehead atoms. The number of rotatable bonds is 2. The number of benzene rings is 2. The number of nitrogen functional groups attached to an aromatic ring is 1. The normalized spacial score (nSPS) is 10.4. The van der Waals surface area contributed by atoms with Crippen molar-refractivity contribution in [2.24, 2.45) is 0 Å². The van der Waals surface area contributed by atoms with Gasteiger partial charge in [0.1, 0.15) is 5.82 Å². The summed E-state index contributed by atoms with van der Waals surface area (Å²) in [5.74, 6) is -0.133. The quantitative estimate of drug-likeness (QED) is 0.771. The molecule has 3 nitrogen and oxygen atoms in total. The minimum Gasteiger partial charge on any atom is -0.368 e. The summed E-state index contributed by atoms with van der Waals surface area (Å²) >= 11 is 0. The Labute approximate surface area is 115 Å². The van der Waals surface area contributed by atoms with E-state index in [0.29, 0.717) is 11.3 Å². The van der Waals surface area contributed by atoms with Crippen LogP contribution < -0.4 is 5.73 Å². The van der Waals surface area contributed by atoms with Crippen LogP contribution in [0, 0.1) is 5.82 Å². The molecule has 0 atom stereocenters. The molecule has 98 valence electrons. The van der Waals surface area contributed by atoms with Crippen LogP contribution in [-0.2, 0) is 0 Å². The fraction of sp³-hybridized carbons (Fsp3) is 0. The molecule has 1 heterocycles. The third-order valence-corrected chi connectivity index (χ3v) is 2.93. The summed E-state index contributed by atoms with van der Waals surface area (Å²) in [5.41, 5.74) is 8.70. The first kappa shape index (κ1) is 12.3. The lowest BCUT2D eigenvalue weighted by atomic mass is 10.1. The lowest BCUT2D eigenvalue weighted by Crippen LogP contribution is -1.98. The minimum absolute atomic E-state index is 0.172. The maximum absolute atomic E-state index is 13.3. The fourth-order valence-electron chi connectivity index (χ4n) is 2.02. The molecule has 0 amide bonds. The third kappa shape index (κ3) is 2.49. The first-order valence-electron chi connectivity index (χ1n) is 6.18. The molecule has 0 aliphatic rings. The number of hydrogen-bond acceptors (Lipinski definition) is 3. The number of anilines is 1. The summed E-state index contributed by atoms with van der Waals surface area (Å²) in [6.45, 7) is 0. The molecule has 3 rings (SSSR count). The Morgan fingerprint density at radius 3 is 2.10 bits per heavy atom. The van der Waals surface area contributed by atoms with Gasteiger partial charge < -0.3 is 5.73 Å². The molecule has 0 unspecified atom stereocenters. The van der Waals surface area contributed by atoms with E-state index in [9.17, 15) is 4.39 Å². The summed E-state index contributed by atoms with van der Waals surface area (Å²) in [6.07, 6.45) is 0. The van der Waals surface area contributed by atoms with E-state index < -0.39 is 0 Å². The molecule has 1 aromatic heterocycles. The van der Waals surface area contributed by atoms with Crippen molar-refractivity contribution in [3.63, 3.8) is 0 Å². The van der Waals surface area contributed by atoms with Crippen molar-refractivity contribution in [1.29, 1.82) is 0 Å². The Bertz CT molecular complexity index is 742. The number of halogens is 1. The van der Waals surface area contributed by atoms with E-state index in [2.05, 4.69) is 9.97 Å². The molecule has 2 aromatic carbocycles. The number of nitrogens with zero attached hydrogens (tertiary/aromatic N) is 2. The van der Waals surface area contributed by atoms with Crippen LogP contribution in [-0.4, -0.2) is 9.97 Å². The zero-order chi connectivity index (χ0) is 13.9. The molecule has 0 aliphatic carbocycles. The Hall–Kier alpha value is -2.75. The SMILES string of the molecule is Nc1nc(-c2ccccc2)cc(-c2cccc(F)c2)n1. The maximum Gasteiger partial charge on any atom is 0.221 e. The topological polar surface area (TPSA) is 51.8 Å². The van der Waals surface area contributed by atoms with E-state index in [-0.39, 0.29) is 11.8 Å². The van der Waals surface area contributed by atoms with Crippen LogP contribution in [0.3, 0.4) is 0 Å². The zero-order valence-corrected chi connectivity index (χ0v) is 10.6. The molecule has 4 heteroatoms. The van der Waals surface area contributed by atoms with E-state index >= 15 is 0 Å². The highest BCUT2D eigenvalue weighted by molar-refractivity contribution is 5.69. The van der Waals surface area contributed by atoms with Crippen molar-refractivity contribution in [2.45, 2.75) is 0 Å². The smallest absolute Gasteiger partial charge is 0.221 e. The number of aromatic nitrogens is 2. The molecule has 0 fully saturated rings. The Balaban J connectivity index is 2.12. The van der Waals surface area contributed by atoms with Gasteiger partial charge in [0.05, 0.1) is 11.4 Å². The summed E-state index contributed by atoms with van der Waals surface area (Å²) in [5, 5.41) is 0. The molecule has 2 N–H and O–H groups in total. The van der Waals surface area contributed by atoms with Crippen LogP contribution in [0.1, 0.15) is 0 Å². The fourth-order valence-corrected chi connectivity index (χ4v) is 2.02. The summed E-state index contributed by atoms with van der Waals surface area (Å²) in [6, 6.07) is 17.7. The minimum atomic E-state index is -0.305. The molecule has 0 radical (unpaired) electrons. The van der Waals surface area contributed by atoms with Crippen molar-refractivity contribution < 1.29 is 4.39 Å². The van der Waals surface area contributed by atoms with Crippen molar-refractivity contribution in [3.05, 3.63) is 66.5 Å². The summed E-state index contributed by atoms with van der Waals surface area (Å²) in [4.78, 5) is 8.40. The van der Waals surface area contributed by atoms with Gasteiger partial charge in [0.15, 0.2) is 0 Å². The predicted octanol–water partition coefficient (Wildman–Crippen LogP) is 3.53. The monoisotopic (exact) mass is 265 g/mol. The third-order valence-electron chi connectivity index (χ3n) is 2.93. The van der Waals surface area contributed by atoms with E-state index in [1.54, 1.807) is 18.2 Å². The van der Waals surface area contributed by atoms with Gasteiger partial charge in [-0.2, -0.15) is 0 Å². The van der Waals surface area contributed by atoms with Crippen LogP contribution in [0.2, 0.25) is 0 Å². The van der Waals surface area contributed by atoms with Gasteiger partial charge in [0.2, 0.25) is 5.95 Å². The lowest BCUT2D eigenvalue weighted by Gasteiger charge is -2.06. The molecule has 0 spiro atoms. The van der Waals surface area contributed by atoms with Gasteiger partial charge in [-0.25, -0.2) is 14.4 Å². The standard InChI is InChI=1S/C16H12FN3/c17-13-8-4-7-12(9-13)15-10-14(19-16(18)20-15)11-5-2-1-3-6-11/h1-10H,(H2,18,19,20). The average molecular weight is 265 g/mol. The van der Waals surface area contributed by atoms with Gasteiger partial charge in [-0.15, -0.1) is 0 Å². The second-order valence-electron chi connectivity index (χ2n) is 4.37. The van der Waals surface area contributed by atoms with E-state index in [0.717, 1.165) is 11.3 Å². The summed E-state index contributed by atoms with van der Waals surface area (Å²) in [7, 11) is 0. The highest BCUT2D eigenvalue weighted by atomic mass is 19.1. The first-order valence-corrected chi connectivity index (χ1v) is 6.18. The largest absolute Gasteiger partial charge is 0.368 e. The Kier molecular flexibility index (Phi) is 3.13. The maximum atomic E-state index is 13.3. The molecular formula is C16H12FN3. The van der Waals surface area contributed by atoms with E-state index in [1.165, 1.54) is 12.1 Å². The van der Waals surface area contributed by atoms with Crippen LogP contribution in [0.5, 0.6) is 0 Å². The van der Waals surface area contributed by atoms with Crippen LogP contribution in [0.15, 0.2) is 60.7 Å². The van der Waals surface area contributed by atoms with Gasteiger partial charge in [0.25, 0.3) is 0 Å². The average Bonchev–Trinajstić information content (AvgIpc) is 2.47. The molecule has 0 saturated carbocycles. The summed E-state index contributed by atoms with van der Waals surface area (Å²) < 4.78 is 13.3. The Morgan fingerprint density at radius 1 is 0.750 bits per heavy atom. The van der Waals surface area contributed by atoms with Gasteiger partial charge in [0, 0.05) is 11.1 Å². The second-order valence-corrected chi connectivity index (χ2v) is 4.37. The van der Waals surface area contributed by atoms with Crippen molar-refractivity contribution in [3.8, 4) is 22.5 Å². The second kappa shape index (κ2) is 5.09. The van der Waals surface area contributed by atoms with Gasteiger partial charge in [-0.3, -0.25) is 0 Å². The van der Waals surface area contributed by atoms with Crippen molar-refractivity contribution >= 4 is 5.95 Å². The predicted molar refractivity (Wildman–Crippen MR) is 77.3 cm³/mol. The Morgan fingerprint density at radius 2 is 1.40 bits per heavy atom. The molecule has 3 aromatic rings. The molecule has 20 heavy (non-hydrogen) atoms. The molecule has 0 saturated heterocycles. The van der Waals surface area contributed by atoms with Crippen molar-refractivity contribution in [1.82, 2.24) is 9.97 Å². The van der Waals surface area contributed by atoms with Crippen LogP contribution in [0.25, 0.3) is 22.5 Å². The first-order chi connectivity index (χ1) is 9.72. The number of nitrogens with two attached hydrogens (primary N) is 1. The van der Waals surface area contributed by atoms with Gasteiger partial charge in [-0.1, -0.05) is 42.5 Å². The highest BCUT2D eigenvalue weighted by Crippen LogP contribution is 2.24. The highest BCUT2D eigenvalue weighted by Gasteiger charge is 2.07. The van der Waals surface area contributed by atoms with E-state index in [1.807, 2.05) is 30.3 Å².